The Balaban J connectivity index is 2.22. The highest BCUT2D eigenvalue weighted by Gasteiger charge is 2.19. The molecule has 116 valence electrons. The van der Waals surface area contributed by atoms with Crippen molar-refractivity contribution in [1.82, 2.24) is 4.90 Å². The molecule has 2 rings (SSSR count). The molecular weight excluding hydrogens is 280 g/mol. The van der Waals surface area contributed by atoms with Crippen molar-refractivity contribution in [2.24, 2.45) is 0 Å². The molecule has 0 saturated heterocycles. The molecule has 0 N–H and O–H groups in total. The average molecular weight is 300 g/mol. The van der Waals surface area contributed by atoms with Crippen molar-refractivity contribution in [2.45, 2.75) is 19.5 Å². The summed E-state index contributed by atoms with van der Waals surface area (Å²) in [5, 5.41) is 11.1. The van der Waals surface area contributed by atoms with E-state index in [0.29, 0.717) is 12.1 Å². The van der Waals surface area contributed by atoms with Crippen molar-refractivity contribution in [1.29, 1.82) is 0 Å². The fourth-order valence-corrected chi connectivity index (χ4v) is 2.48. The average Bonchev–Trinajstić information content (AvgIpc) is 2.54. The first kappa shape index (κ1) is 16.0. The van der Waals surface area contributed by atoms with Crippen molar-refractivity contribution in [3.63, 3.8) is 0 Å². The molecule has 0 aromatic heterocycles. The summed E-state index contributed by atoms with van der Waals surface area (Å²) in [6.45, 7) is 2.56. The van der Waals surface area contributed by atoms with Crippen LogP contribution in [0.1, 0.15) is 24.1 Å². The van der Waals surface area contributed by atoms with Crippen LogP contribution in [-0.2, 0) is 6.54 Å². The van der Waals surface area contributed by atoms with Crippen LogP contribution >= 0.6 is 0 Å². The highest BCUT2D eigenvalue weighted by molar-refractivity contribution is 5.40. The molecule has 0 aliphatic rings. The van der Waals surface area contributed by atoms with Gasteiger partial charge in [-0.3, -0.25) is 15.0 Å². The second-order valence-corrected chi connectivity index (χ2v) is 5.22. The maximum absolute atomic E-state index is 11.1. The van der Waals surface area contributed by atoms with Crippen LogP contribution in [0.3, 0.4) is 0 Å². The topological polar surface area (TPSA) is 55.6 Å². The fraction of sp³-hybridized carbons (Fsp3) is 0.294. The quantitative estimate of drug-likeness (QED) is 0.601. The molecule has 2 aromatic carbocycles. The van der Waals surface area contributed by atoms with Crippen LogP contribution in [-0.4, -0.2) is 24.0 Å². The molecule has 0 saturated carbocycles. The number of methoxy groups -OCH3 is 1. The Hall–Kier alpha value is -2.40. The Morgan fingerprint density at radius 3 is 2.50 bits per heavy atom. The molecule has 0 heterocycles. The highest BCUT2D eigenvalue weighted by Crippen LogP contribution is 2.30. The van der Waals surface area contributed by atoms with E-state index in [1.807, 2.05) is 37.4 Å². The lowest BCUT2D eigenvalue weighted by Crippen LogP contribution is -2.22. The number of hydrogen-bond acceptors (Lipinski definition) is 4. The molecule has 0 spiro atoms. The first-order valence-corrected chi connectivity index (χ1v) is 7.10. The summed E-state index contributed by atoms with van der Waals surface area (Å²) >= 11 is 0. The summed E-state index contributed by atoms with van der Waals surface area (Å²) in [7, 11) is 3.60. The van der Waals surface area contributed by atoms with Gasteiger partial charge in [-0.05, 0) is 20.0 Å². The largest absolute Gasteiger partial charge is 0.496 e. The van der Waals surface area contributed by atoms with Gasteiger partial charge in [0.25, 0.3) is 5.69 Å². The Morgan fingerprint density at radius 1 is 1.18 bits per heavy atom. The molecule has 22 heavy (non-hydrogen) atoms. The third-order valence-corrected chi connectivity index (χ3v) is 3.86. The van der Waals surface area contributed by atoms with E-state index in [1.54, 1.807) is 19.2 Å². The van der Waals surface area contributed by atoms with Gasteiger partial charge in [-0.15, -0.1) is 0 Å². The van der Waals surface area contributed by atoms with Crippen molar-refractivity contribution in [3.8, 4) is 5.75 Å². The maximum Gasteiger partial charge on any atom is 0.273 e. The van der Waals surface area contributed by atoms with Crippen molar-refractivity contribution < 1.29 is 9.66 Å². The number of nitro groups is 1. The highest BCUT2D eigenvalue weighted by atomic mass is 16.6. The van der Waals surface area contributed by atoms with E-state index < -0.39 is 0 Å². The zero-order valence-electron chi connectivity index (χ0n) is 13.0. The summed E-state index contributed by atoms with van der Waals surface area (Å²) in [5.41, 5.74) is 1.92. The zero-order chi connectivity index (χ0) is 16.1. The van der Waals surface area contributed by atoms with E-state index in [9.17, 15) is 10.1 Å². The summed E-state index contributed by atoms with van der Waals surface area (Å²) in [5.74, 6) is 0.824. The van der Waals surface area contributed by atoms with E-state index in [2.05, 4.69) is 11.8 Å². The van der Waals surface area contributed by atoms with Gasteiger partial charge in [0.2, 0.25) is 0 Å². The first-order valence-electron chi connectivity index (χ1n) is 7.10. The molecule has 0 radical (unpaired) electrons. The van der Waals surface area contributed by atoms with Gasteiger partial charge in [-0.2, -0.15) is 0 Å². The van der Waals surface area contributed by atoms with E-state index in [4.69, 9.17) is 4.74 Å². The van der Waals surface area contributed by atoms with Gasteiger partial charge in [0.05, 0.1) is 12.0 Å². The van der Waals surface area contributed by atoms with E-state index in [1.165, 1.54) is 6.07 Å². The number of ether oxygens (including phenoxy) is 1. The number of rotatable bonds is 6. The van der Waals surface area contributed by atoms with Crippen LogP contribution in [0, 0.1) is 10.1 Å². The minimum absolute atomic E-state index is 0.0796. The molecule has 0 unspecified atom stereocenters. The second-order valence-electron chi connectivity index (χ2n) is 5.22. The van der Waals surface area contributed by atoms with Gasteiger partial charge in [0.15, 0.2) is 0 Å². The summed E-state index contributed by atoms with van der Waals surface area (Å²) in [6.07, 6.45) is 0. The Kier molecular flexibility index (Phi) is 5.12. The molecule has 0 fully saturated rings. The molecule has 0 amide bonds. The number of hydrogen-bond donors (Lipinski definition) is 0. The molecule has 0 aliphatic heterocycles. The molecule has 5 heteroatoms. The van der Waals surface area contributed by atoms with Crippen LogP contribution in [0.25, 0.3) is 0 Å². The molecule has 1 atom stereocenters. The number of para-hydroxylation sites is 2. The van der Waals surface area contributed by atoms with Crippen LogP contribution in [0.2, 0.25) is 0 Å². The Bertz CT molecular complexity index is 658. The van der Waals surface area contributed by atoms with Gasteiger partial charge in [0, 0.05) is 29.8 Å². The predicted molar refractivity (Wildman–Crippen MR) is 86.0 cm³/mol. The standard InChI is InChI=1S/C17H20N2O3/c1-13(15-9-5-7-11-17(15)22-3)18(2)12-14-8-4-6-10-16(14)19(20)21/h4-11,13H,12H2,1-3H3/t13-/m0/s1. The van der Waals surface area contributed by atoms with Crippen LogP contribution < -0.4 is 4.74 Å². The SMILES string of the molecule is COc1ccccc1[C@H](C)N(C)Cc1ccccc1[N+](=O)[O-]. The van der Waals surface area contributed by atoms with E-state index in [-0.39, 0.29) is 16.7 Å². The molecular formula is C17H20N2O3. The van der Waals surface area contributed by atoms with Gasteiger partial charge in [-0.1, -0.05) is 36.4 Å². The second kappa shape index (κ2) is 7.04. The predicted octanol–water partition coefficient (Wildman–Crippen LogP) is 3.80. The molecule has 5 nitrogen and oxygen atoms in total. The smallest absolute Gasteiger partial charge is 0.273 e. The Morgan fingerprint density at radius 2 is 1.82 bits per heavy atom. The van der Waals surface area contributed by atoms with Gasteiger partial charge >= 0.3 is 0 Å². The van der Waals surface area contributed by atoms with Crippen LogP contribution in [0.4, 0.5) is 5.69 Å². The third-order valence-electron chi connectivity index (χ3n) is 3.86. The molecule has 2 aromatic rings. The van der Waals surface area contributed by atoms with E-state index >= 15 is 0 Å². The van der Waals surface area contributed by atoms with Crippen molar-refractivity contribution in [3.05, 3.63) is 69.8 Å². The molecule has 0 aliphatic carbocycles. The maximum atomic E-state index is 11.1. The first-order chi connectivity index (χ1) is 10.5. The van der Waals surface area contributed by atoms with Gasteiger partial charge < -0.3 is 4.74 Å². The normalized spacial score (nSPS) is 12.2. The van der Waals surface area contributed by atoms with Crippen LogP contribution in [0.15, 0.2) is 48.5 Å². The summed E-state index contributed by atoms with van der Waals surface area (Å²) in [4.78, 5) is 12.8. The summed E-state index contributed by atoms with van der Waals surface area (Å²) in [6, 6.07) is 14.8. The number of nitro benzene ring substituents is 1. The lowest BCUT2D eigenvalue weighted by molar-refractivity contribution is -0.385. The van der Waals surface area contributed by atoms with Crippen molar-refractivity contribution >= 4 is 5.69 Å². The monoisotopic (exact) mass is 300 g/mol. The van der Waals surface area contributed by atoms with Crippen LogP contribution in [0.5, 0.6) is 5.75 Å². The third kappa shape index (κ3) is 3.43. The fourth-order valence-electron chi connectivity index (χ4n) is 2.48. The number of nitrogens with zero attached hydrogens (tertiary/aromatic N) is 2. The lowest BCUT2D eigenvalue weighted by Gasteiger charge is -2.26. The van der Waals surface area contributed by atoms with Gasteiger partial charge in [-0.25, -0.2) is 0 Å². The summed E-state index contributed by atoms with van der Waals surface area (Å²) < 4.78 is 5.39. The number of benzene rings is 2. The minimum Gasteiger partial charge on any atom is -0.496 e. The Labute approximate surface area is 130 Å². The van der Waals surface area contributed by atoms with Gasteiger partial charge in [0.1, 0.15) is 5.75 Å². The minimum atomic E-state index is -0.336. The zero-order valence-corrected chi connectivity index (χ0v) is 13.0. The molecule has 0 bridgehead atoms. The van der Waals surface area contributed by atoms with Crippen molar-refractivity contribution in [2.75, 3.05) is 14.2 Å². The van der Waals surface area contributed by atoms with E-state index in [0.717, 1.165) is 11.3 Å². The lowest BCUT2D eigenvalue weighted by atomic mass is 10.0.